The molecule has 1 fully saturated rings. The minimum Gasteiger partial charge on any atom is -0.378 e. The van der Waals surface area contributed by atoms with Crippen molar-refractivity contribution in [1.82, 2.24) is 10.3 Å². The van der Waals surface area contributed by atoms with Gasteiger partial charge in [-0.1, -0.05) is 0 Å². The maximum Gasteiger partial charge on any atom is 0.251 e. The number of hydrogen-bond acceptors (Lipinski definition) is 6. The van der Waals surface area contributed by atoms with Gasteiger partial charge in [-0.05, 0) is 19.1 Å². The molecular formula is C13H20N4O3. The van der Waals surface area contributed by atoms with Crippen LogP contribution in [0.25, 0.3) is 0 Å². The Labute approximate surface area is 117 Å². The molecule has 1 unspecified atom stereocenters. The van der Waals surface area contributed by atoms with Crippen LogP contribution in [0.5, 0.6) is 0 Å². The van der Waals surface area contributed by atoms with Crippen LogP contribution in [0.4, 0.5) is 5.82 Å². The second kappa shape index (κ2) is 6.17. The molecule has 1 amide bonds. The number of aryl methyl sites for hydroxylation is 1. The maximum absolute atomic E-state index is 12.2. The number of anilines is 1. The highest BCUT2D eigenvalue weighted by Gasteiger charge is 2.35. The van der Waals surface area contributed by atoms with Gasteiger partial charge >= 0.3 is 0 Å². The van der Waals surface area contributed by atoms with Gasteiger partial charge in [-0.2, -0.15) is 0 Å². The summed E-state index contributed by atoms with van der Waals surface area (Å²) in [6.45, 7) is 3.36. The van der Waals surface area contributed by atoms with Crippen molar-refractivity contribution in [3.05, 3.63) is 23.4 Å². The number of nitrogens with one attached hydrogen (secondary N) is 2. The Morgan fingerprint density at radius 2 is 2.40 bits per heavy atom. The molecular weight excluding hydrogens is 260 g/mol. The molecule has 1 atom stereocenters. The van der Waals surface area contributed by atoms with Crippen LogP contribution in [0.15, 0.2) is 12.1 Å². The number of carbonyl (C=O) groups excluding carboxylic acids is 1. The van der Waals surface area contributed by atoms with E-state index >= 15 is 0 Å². The zero-order valence-corrected chi connectivity index (χ0v) is 11.7. The molecule has 0 aromatic carbocycles. The number of ether oxygens (including phenoxy) is 2. The highest BCUT2D eigenvalue weighted by Crippen LogP contribution is 2.21. The Kier molecular flexibility index (Phi) is 4.53. The first-order valence-electron chi connectivity index (χ1n) is 6.45. The van der Waals surface area contributed by atoms with Crippen molar-refractivity contribution in [2.24, 2.45) is 5.84 Å². The van der Waals surface area contributed by atoms with Crippen molar-refractivity contribution < 1.29 is 14.3 Å². The summed E-state index contributed by atoms with van der Waals surface area (Å²) >= 11 is 0. The number of methoxy groups -OCH3 is 1. The van der Waals surface area contributed by atoms with E-state index in [-0.39, 0.29) is 5.91 Å². The van der Waals surface area contributed by atoms with Crippen LogP contribution in [0.2, 0.25) is 0 Å². The molecule has 1 saturated heterocycles. The fraction of sp³-hybridized carbons (Fsp3) is 0.538. The van der Waals surface area contributed by atoms with Crippen LogP contribution in [-0.2, 0) is 9.47 Å². The van der Waals surface area contributed by atoms with Crippen LogP contribution in [-0.4, -0.2) is 43.4 Å². The lowest BCUT2D eigenvalue weighted by molar-refractivity contribution is -0.0148. The Bertz CT molecular complexity index is 487. The summed E-state index contributed by atoms with van der Waals surface area (Å²) in [7, 11) is 1.63. The van der Waals surface area contributed by atoms with Gasteiger partial charge in [-0.3, -0.25) is 4.79 Å². The first-order chi connectivity index (χ1) is 9.58. The number of amides is 1. The van der Waals surface area contributed by atoms with Crippen LogP contribution in [0.1, 0.15) is 22.5 Å². The van der Waals surface area contributed by atoms with E-state index in [1.165, 1.54) is 0 Å². The molecule has 2 rings (SSSR count). The van der Waals surface area contributed by atoms with E-state index in [4.69, 9.17) is 15.3 Å². The average molecular weight is 280 g/mol. The Morgan fingerprint density at radius 3 is 3.00 bits per heavy atom. The number of rotatable bonds is 5. The molecule has 7 heteroatoms. The van der Waals surface area contributed by atoms with E-state index in [0.29, 0.717) is 31.1 Å². The van der Waals surface area contributed by atoms with E-state index in [0.717, 1.165) is 12.1 Å². The minimum atomic E-state index is -0.424. The fourth-order valence-corrected chi connectivity index (χ4v) is 2.18. The van der Waals surface area contributed by atoms with Crippen molar-refractivity contribution in [2.75, 3.05) is 32.3 Å². The van der Waals surface area contributed by atoms with Crippen LogP contribution in [0, 0.1) is 6.92 Å². The third kappa shape index (κ3) is 3.24. The second-order valence-electron chi connectivity index (χ2n) is 4.90. The molecule has 0 aliphatic carbocycles. The molecule has 2 heterocycles. The number of hydrazine groups is 1. The summed E-state index contributed by atoms with van der Waals surface area (Å²) in [6.07, 6.45) is 0.773. The summed E-state index contributed by atoms with van der Waals surface area (Å²) in [5.74, 6) is 5.60. The average Bonchev–Trinajstić information content (AvgIpc) is 2.93. The summed E-state index contributed by atoms with van der Waals surface area (Å²) in [5, 5.41) is 2.87. The minimum absolute atomic E-state index is 0.185. The number of nitrogens with zero attached hydrogens (tertiary/aromatic N) is 1. The molecule has 0 spiro atoms. The summed E-state index contributed by atoms with van der Waals surface area (Å²) in [6, 6.07) is 3.31. The largest absolute Gasteiger partial charge is 0.378 e. The van der Waals surface area contributed by atoms with Crippen LogP contribution < -0.4 is 16.6 Å². The number of nitrogen functional groups attached to an aromatic ring is 1. The van der Waals surface area contributed by atoms with Crippen molar-refractivity contribution in [3.63, 3.8) is 0 Å². The Morgan fingerprint density at radius 1 is 1.60 bits per heavy atom. The predicted octanol–water partition coefficient (Wildman–Crippen LogP) is 0.211. The number of aromatic nitrogens is 1. The molecule has 1 aliphatic heterocycles. The molecule has 0 saturated carbocycles. The van der Waals surface area contributed by atoms with Crippen molar-refractivity contribution in [1.29, 1.82) is 0 Å². The zero-order valence-electron chi connectivity index (χ0n) is 11.7. The Balaban J connectivity index is 2.03. The molecule has 0 radical (unpaired) electrons. The third-order valence-electron chi connectivity index (χ3n) is 3.43. The monoisotopic (exact) mass is 280 g/mol. The SMILES string of the molecule is COC1(CNC(=O)c2cc(C)nc(NN)c2)CCOC1. The quantitative estimate of drug-likeness (QED) is 0.527. The number of pyridine rings is 1. The van der Waals surface area contributed by atoms with Crippen LogP contribution >= 0.6 is 0 Å². The van der Waals surface area contributed by atoms with Crippen molar-refractivity contribution in [2.45, 2.75) is 18.9 Å². The summed E-state index contributed by atoms with van der Waals surface area (Å²) < 4.78 is 10.8. The lowest BCUT2D eigenvalue weighted by Gasteiger charge is -2.25. The molecule has 20 heavy (non-hydrogen) atoms. The molecule has 4 N–H and O–H groups in total. The first kappa shape index (κ1) is 14.7. The standard InChI is InChI=1S/C13H20N4O3/c1-9-5-10(6-11(16-9)17-14)12(18)15-7-13(19-2)3-4-20-8-13/h5-6H,3-4,7-8,14H2,1-2H3,(H,15,18)(H,16,17). The van der Waals surface area contributed by atoms with Gasteiger partial charge in [0.15, 0.2) is 0 Å². The van der Waals surface area contributed by atoms with E-state index in [9.17, 15) is 4.79 Å². The van der Waals surface area contributed by atoms with E-state index in [1.807, 2.05) is 0 Å². The van der Waals surface area contributed by atoms with Gasteiger partial charge < -0.3 is 20.2 Å². The highest BCUT2D eigenvalue weighted by molar-refractivity contribution is 5.95. The summed E-state index contributed by atoms with van der Waals surface area (Å²) in [4.78, 5) is 16.3. The van der Waals surface area contributed by atoms with E-state index < -0.39 is 5.60 Å². The normalized spacial score (nSPS) is 21.8. The number of carbonyl (C=O) groups is 1. The lowest BCUT2D eigenvalue weighted by Crippen LogP contribution is -2.45. The molecule has 1 aromatic rings. The Hall–Kier alpha value is -1.70. The first-order valence-corrected chi connectivity index (χ1v) is 6.45. The highest BCUT2D eigenvalue weighted by atomic mass is 16.5. The molecule has 1 aliphatic rings. The van der Waals surface area contributed by atoms with Crippen molar-refractivity contribution in [3.8, 4) is 0 Å². The number of hydrogen-bond donors (Lipinski definition) is 3. The van der Waals surface area contributed by atoms with Gasteiger partial charge in [0.1, 0.15) is 11.4 Å². The maximum atomic E-state index is 12.2. The predicted molar refractivity (Wildman–Crippen MR) is 74.3 cm³/mol. The molecule has 7 nitrogen and oxygen atoms in total. The second-order valence-corrected chi connectivity index (χ2v) is 4.90. The summed E-state index contributed by atoms with van der Waals surface area (Å²) in [5.41, 5.74) is 3.25. The van der Waals surface area contributed by atoms with Gasteiger partial charge in [0.25, 0.3) is 5.91 Å². The lowest BCUT2D eigenvalue weighted by atomic mass is 10.0. The van der Waals surface area contributed by atoms with Gasteiger partial charge in [0, 0.05) is 37.9 Å². The molecule has 1 aromatic heterocycles. The molecule has 0 bridgehead atoms. The number of nitrogens with two attached hydrogens (primary N) is 1. The van der Waals surface area contributed by atoms with Gasteiger partial charge in [0.05, 0.1) is 6.61 Å². The molecule has 110 valence electrons. The van der Waals surface area contributed by atoms with Gasteiger partial charge in [0.2, 0.25) is 0 Å². The smallest absolute Gasteiger partial charge is 0.251 e. The van der Waals surface area contributed by atoms with Gasteiger partial charge in [-0.15, -0.1) is 0 Å². The topological polar surface area (TPSA) is 98.5 Å². The van der Waals surface area contributed by atoms with E-state index in [2.05, 4.69) is 15.7 Å². The van der Waals surface area contributed by atoms with Crippen molar-refractivity contribution >= 4 is 11.7 Å². The van der Waals surface area contributed by atoms with E-state index in [1.54, 1.807) is 26.2 Å². The van der Waals surface area contributed by atoms with Crippen LogP contribution in [0.3, 0.4) is 0 Å². The zero-order chi connectivity index (χ0) is 14.6. The third-order valence-corrected chi connectivity index (χ3v) is 3.43. The fourth-order valence-electron chi connectivity index (χ4n) is 2.18. The van der Waals surface area contributed by atoms with Gasteiger partial charge in [-0.25, -0.2) is 10.8 Å².